The maximum atomic E-state index is 14.0. The molecule has 0 spiro atoms. The van der Waals surface area contributed by atoms with Crippen molar-refractivity contribution in [1.82, 2.24) is 24.9 Å². The van der Waals surface area contributed by atoms with Gasteiger partial charge in [-0.2, -0.15) is 10.4 Å². The molecule has 1 N–H and O–H groups in total. The summed E-state index contributed by atoms with van der Waals surface area (Å²) in [5.74, 6) is 0.305. The van der Waals surface area contributed by atoms with Crippen molar-refractivity contribution in [3.05, 3.63) is 41.6 Å². The molecule has 2 aliphatic heterocycles. The van der Waals surface area contributed by atoms with E-state index in [1.54, 1.807) is 13.1 Å². The Hall–Kier alpha value is -3.94. The molecule has 0 saturated carbocycles. The number of amides is 1. The van der Waals surface area contributed by atoms with Crippen LogP contribution in [0, 0.1) is 17.1 Å². The Kier molecular flexibility index (Phi) is 4.54. The number of aromatic nitrogens is 4. The lowest BCUT2D eigenvalue weighted by atomic mass is 10.1. The molecule has 0 fully saturated rings. The Balaban J connectivity index is 1.70. The van der Waals surface area contributed by atoms with E-state index >= 15 is 0 Å². The third kappa shape index (κ3) is 3.35. The van der Waals surface area contributed by atoms with E-state index in [1.165, 1.54) is 16.8 Å². The number of hydrogen-bond acceptors (Lipinski definition) is 8. The summed E-state index contributed by atoms with van der Waals surface area (Å²) in [5, 5.41) is 16.4. The van der Waals surface area contributed by atoms with E-state index in [1.807, 2.05) is 4.90 Å². The zero-order chi connectivity index (χ0) is 21.5. The molecule has 31 heavy (non-hydrogen) atoms. The summed E-state index contributed by atoms with van der Waals surface area (Å²) >= 11 is 0. The van der Waals surface area contributed by atoms with Gasteiger partial charge in [0.05, 0.1) is 49.7 Å². The number of halogens is 1. The number of nitrogens with one attached hydrogen (secondary N) is 1. The number of anilines is 1. The normalized spacial score (nSPS) is 20.4. The van der Waals surface area contributed by atoms with Gasteiger partial charge in [0.1, 0.15) is 24.6 Å². The molecule has 0 aliphatic carbocycles. The van der Waals surface area contributed by atoms with Gasteiger partial charge >= 0.3 is 0 Å². The van der Waals surface area contributed by atoms with Crippen molar-refractivity contribution in [2.24, 2.45) is 0 Å². The molecule has 2 aliphatic rings. The van der Waals surface area contributed by atoms with Gasteiger partial charge in [0.25, 0.3) is 5.91 Å². The zero-order valence-electron chi connectivity index (χ0n) is 16.6. The van der Waals surface area contributed by atoms with Crippen LogP contribution in [0.2, 0.25) is 0 Å². The third-order valence-electron chi connectivity index (χ3n) is 5.24. The molecule has 5 heterocycles. The predicted octanol–water partition coefficient (Wildman–Crippen LogP) is 1.46. The van der Waals surface area contributed by atoms with Gasteiger partial charge in [-0.05, 0) is 13.0 Å². The molecule has 0 saturated heterocycles. The van der Waals surface area contributed by atoms with Crippen LogP contribution in [-0.2, 0) is 6.54 Å². The van der Waals surface area contributed by atoms with Crippen molar-refractivity contribution in [2.45, 2.75) is 32.0 Å². The molecule has 0 aromatic carbocycles. The number of rotatable bonds is 1. The fourth-order valence-corrected chi connectivity index (χ4v) is 3.72. The summed E-state index contributed by atoms with van der Waals surface area (Å²) in [4.78, 5) is 23.4. The smallest absolute Gasteiger partial charge is 0.257 e. The second kappa shape index (κ2) is 7.39. The van der Waals surface area contributed by atoms with E-state index in [9.17, 15) is 14.4 Å². The first-order chi connectivity index (χ1) is 15.0. The van der Waals surface area contributed by atoms with Gasteiger partial charge in [-0.25, -0.2) is 18.9 Å². The summed E-state index contributed by atoms with van der Waals surface area (Å²) in [7, 11) is 0. The highest BCUT2D eigenvalue weighted by atomic mass is 19.1. The van der Waals surface area contributed by atoms with Gasteiger partial charge < -0.3 is 19.7 Å². The van der Waals surface area contributed by atoms with Gasteiger partial charge in [-0.3, -0.25) is 4.79 Å². The Labute approximate surface area is 176 Å². The lowest BCUT2D eigenvalue weighted by molar-refractivity contribution is 0.0927. The molecule has 10 nitrogen and oxygen atoms in total. The van der Waals surface area contributed by atoms with Crippen LogP contribution < -0.4 is 19.7 Å². The van der Waals surface area contributed by atoms with Crippen LogP contribution in [0.1, 0.15) is 29.3 Å². The summed E-state index contributed by atoms with van der Waals surface area (Å²) in [6.07, 6.45) is 4.35. The lowest BCUT2D eigenvalue weighted by Crippen LogP contribution is -2.43. The van der Waals surface area contributed by atoms with Crippen molar-refractivity contribution in [2.75, 3.05) is 18.1 Å². The first kappa shape index (κ1) is 19.0. The van der Waals surface area contributed by atoms with Gasteiger partial charge in [-0.1, -0.05) is 0 Å². The number of carbonyl (C=O) groups is 1. The second-order valence-electron chi connectivity index (χ2n) is 7.51. The number of fused-ring (bicyclic) bond motifs is 1. The highest BCUT2D eigenvalue weighted by Gasteiger charge is 2.32. The first-order valence-electron chi connectivity index (χ1n) is 9.76. The van der Waals surface area contributed by atoms with Crippen LogP contribution in [0.5, 0.6) is 11.6 Å². The molecule has 2 atom stereocenters. The summed E-state index contributed by atoms with van der Waals surface area (Å²) in [6, 6.07) is 2.84. The highest BCUT2D eigenvalue weighted by molar-refractivity contribution is 6.00. The molecule has 3 aromatic rings. The fraction of sp³-hybridized carbons (Fsp3) is 0.350. The third-order valence-corrected chi connectivity index (χ3v) is 5.24. The van der Waals surface area contributed by atoms with E-state index in [2.05, 4.69) is 26.5 Å². The molecular formula is C20H18FN7O3. The maximum Gasteiger partial charge on any atom is 0.257 e. The minimum atomic E-state index is -0.500. The average Bonchev–Trinajstić information content (AvgIpc) is 3.16. The van der Waals surface area contributed by atoms with E-state index in [-0.39, 0.29) is 50.1 Å². The molecule has 0 radical (unpaired) electrons. The molecule has 2 bridgehead atoms. The molecule has 3 aromatic heterocycles. The van der Waals surface area contributed by atoms with Crippen LogP contribution in [0.4, 0.5) is 10.2 Å². The second-order valence-corrected chi connectivity index (χ2v) is 7.51. The van der Waals surface area contributed by atoms with Crippen LogP contribution in [0.3, 0.4) is 0 Å². The van der Waals surface area contributed by atoms with Crippen LogP contribution >= 0.6 is 0 Å². The maximum absolute atomic E-state index is 14.0. The fourth-order valence-electron chi connectivity index (χ4n) is 3.72. The van der Waals surface area contributed by atoms with E-state index in [4.69, 9.17) is 9.47 Å². The average molecular weight is 423 g/mol. The van der Waals surface area contributed by atoms with Gasteiger partial charge in [0, 0.05) is 5.56 Å². The van der Waals surface area contributed by atoms with Crippen molar-refractivity contribution < 1.29 is 18.7 Å². The standard InChI is InChI=1S/C20H18FN7O3/c1-11-9-31-20-12(4-13(21)5-23-20)7-27-14(2-3-22)10-30-16-8-28-17(26-18(16)27)15(6-24-28)19(29)25-11/h4-6,8,11,14H,2,7,9-10H2,1H3,(H,25,29)/t11-,14-/m1/s1. The molecule has 5 rings (SSSR count). The summed E-state index contributed by atoms with van der Waals surface area (Å²) < 4.78 is 27.2. The van der Waals surface area contributed by atoms with Crippen molar-refractivity contribution in [1.29, 1.82) is 5.26 Å². The Morgan fingerprint density at radius 1 is 1.35 bits per heavy atom. The molecule has 158 valence electrons. The minimum absolute atomic E-state index is 0.142. The number of ether oxygens (including phenoxy) is 2. The van der Waals surface area contributed by atoms with Crippen molar-refractivity contribution in [3.63, 3.8) is 0 Å². The van der Waals surface area contributed by atoms with E-state index in [0.717, 1.165) is 6.20 Å². The van der Waals surface area contributed by atoms with Crippen LogP contribution in [-0.4, -0.2) is 50.8 Å². The lowest BCUT2D eigenvalue weighted by Gasteiger charge is -2.36. The van der Waals surface area contributed by atoms with Crippen molar-refractivity contribution in [3.8, 4) is 17.7 Å². The molecule has 0 unspecified atom stereocenters. The van der Waals surface area contributed by atoms with Crippen LogP contribution in [0.15, 0.2) is 24.7 Å². The molecule has 1 amide bonds. The molecular weight excluding hydrogens is 405 g/mol. The molecule has 11 heteroatoms. The SMILES string of the molecule is C[C@@H]1COc2ncc(F)cc2CN2c3nc4c(cnn4cc3OC[C@H]2CC#N)C(=O)N1. The number of nitriles is 1. The topological polar surface area (TPSA) is 118 Å². The number of hydrogen-bond donors (Lipinski definition) is 1. The first-order valence-corrected chi connectivity index (χ1v) is 9.76. The largest absolute Gasteiger partial charge is 0.486 e. The summed E-state index contributed by atoms with van der Waals surface area (Å²) in [6.45, 7) is 2.38. The van der Waals surface area contributed by atoms with Crippen LogP contribution in [0.25, 0.3) is 5.65 Å². The van der Waals surface area contributed by atoms with E-state index in [0.29, 0.717) is 28.3 Å². The number of nitrogens with zero attached hydrogens (tertiary/aromatic N) is 6. The Bertz CT molecular complexity index is 1220. The monoisotopic (exact) mass is 423 g/mol. The van der Waals surface area contributed by atoms with Gasteiger partial charge in [-0.15, -0.1) is 0 Å². The Morgan fingerprint density at radius 2 is 2.23 bits per heavy atom. The predicted molar refractivity (Wildman–Crippen MR) is 105 cm³/mol. The highest BCUT2D eigenvalue weighted by Crippen LogP contribution is 2.36. The van der Waals surface area contributed by atoms with Crippen molar-refractivity contribution >= 4 is 17.4 Å². The van der Waals surface area contributed by atoms with E-state index < -0.39 is 5.82 Å². The summed E-state index contributed by atoms with van der Waals surface area (Å²) in [5.41, 5.74) is 1.16. The number of carbonyl (C=O) groups excluding carboxylic acids is 1. The minimum Gasteiger partial charge on any atom is -0.486 e. The zero-order valence-corrected chi connectivity index (χ0v) is 16.6. The quantitative estimate of drug-likeness (QED) is 0.625. The number of pyridine rings is 1. The van der Waals surface area contributed by atoms with Gasteiger partial charge in [0.15, 0.2) is 17.2 Å². The van der Waals surface area contributed by atoms with Gasteiger partial charge in [0.2, 0.25) is 5.88 Å². The Morgan fingerprint density at radius 3 is 3.06 bits per heavy atom.